The van der Waals surface area contributed by atoms with Gasteiger partial charge in [-0.3, -0.25) is 4.79 Å². The number of carbonyl (C=O) groups excluding carboxylic acids is 1. The molecule has 1 rings (SSSR count). The van der Waals surface area contributed by atoms with Crippen LogP contribution < -0.4 is 4.74 Å². The molecule has 1 aromatic rings. The van der Waals surface area contributed by atoms with E-state index < -0.39 is 0 Å². The van der Waals surface area contributed by atoms with Gasteiger partial charge in [0.1, 0.15) is 12.0 Å². The molecule has 0 amide bonds. The highest BCUT2D eigenvalue weighted by molar-refractivity contribution is 5.76. The van der Waals surface area contributed by atoms with Crippen molar-refractivity contribution in [1.29, 1.82) is 0 Å². The van der Waals surface area contributed by atoms with Gasteiger partial charge in [-0.2, -0.15) is 0 Å². The number of hydrogen-bond donors (Lipinski definition) is 0. The maximum absolute atomic E-state index is 11.1. The molecule has 0 radical (unpaired) electrons. The molecule has 0 N–H and O–H groups in total. The van der Waals surface area contributed by atoms with E-state index >= 15 is 0 Å². The van der Waals surface area contributed by atoms with Crippen molar-refractivity contribution in [3.05, 3.63) is 41.5 Å². The van der Waals surface area contributed by atoms with Crippen molar-refractivity contribution in [2.24, 2.45) is 0 Å². The van der Waals surface area contributed by atoms with Crippen LogP contribution in [0.4, 0.5) is 0 Å². The summed E-state index contributed by atoms with van der Waals surface area (Å²) in [4.78, 5) is 11.1. The van der Waals surface area contributed by atoms with Crippen LogP contribution in [0.1, 0.15) is 80.3 Å². The normalized spacial score (nSPS) is 10.7. The van der Waals surface area contributed by atoms with Crippen molar-refractivity contribution in [2.45, 2.75) is 65.2 Å². The Bertz CT molecular complexity index is 475. The lowest BCUT2D eigenvalue weighted by molar-refractivity contribution is 0.112. The fraction of sp³-hybridized carbons (Fsp3) is 0.550. The van der Waals surface area contributed by atoms with Crippen LogP contribution in [0, 0.1) is 0 Å². The number of ether oxygens (including phenoxy) is 1. The number of aldehydes is 1. The number of benzene rings is 1. The Morgan fingerprint density at radius 2 is 1.91 bits per heavy atom. The fourth-order valence-corrected chi connectivity index (χ4v) is 2.60. The van der Waals surface area contributed by atoms with Crippen molar-refractivity contribution in [2.75, 3.05) is 6.61 Å². The van der Waals surface area contributed by atoms with Crippen molar-refractivity contribution in [3.63, 3.8) is 0 Å². The van der Waals surface area contributed by atoms with Crippen molar-refractivity contribution in [1.82, 2.24) is 0 Å². The van der Waals surface area contributed by atoms with E-state index in [0.29, 0.717) is 5.92 Å². The Hall–Kier alpha value is -1.57. The van der Waals surface area contributed by atoms with Gasteiger partial charge in [0, 0.05) is 5.56 Å². The molecule has 0 aliphatic heterocycles. The average Bonchev–Trinajstić information content (AvgIpc) is 2.51. The monoisotopic (exact) mass is 302 g/mol. The van der Waals surface area contributed by atoms with Crippen LogP contribution in [0.3, 0.4) is 0 Å². The highest BCUT2D eigenvalue weighted by atomic mass is 16.5. The van der Waals surface area contributed by atoms with Crippen molar-refractivity contribution in [3.8, 4) is 5.75 Å². The molecule has 0 aliphatic carbocycles. The number of allylic oxidation sites excluding steroid dienone is 1. The first kappa shape index (κ1) is 18.5. The summed E-state index contributed by atoms with van der Waals surface area (Å²) >= 11 is 0. The lowest BCUT2D eigenvalue weighted by Crippen LogP contribution is -2.06. The van der Waals surface area contributed by atoms with Crippen LogP contribution in [0.2, 0.25) is 0 Å². The summed E-state index contributed by atoms with van der Waals surface area (Å²) in [5.41, 5.74) is 2.91. The van der Waals surface area contributed by atoms with E-state index in [1.54, 1.807) is 0 Å². The molecular formula is C20H30O2. The molecule has 0 aliphatic rings. The highest BCUT2D eigenvalue weighted by Crippen LogP contribution is 2.32. The quantitative estimate of drug-likeness (QED) is 0.298. The largest absolute Gasteiger partial charge is 0.493 e. The molecule has 2 heteroatoms. The van der Waals surface area contributed by atoms with Gasteiger partial charge in [0.15, 0.2) is 0 Å². The standard InChI is InChI=1S/C20H30O2/c1-5-7-8-9-10-12-22-20-18(11-6-2)13-17(15-21)14-19(20)16(3)4/h6,13-16H,2,5,7-12H2,1,3-4H3. The first-order valence-electron chi connectivity index (χ1n) is 8.49. The summed E-state index contributed by atoms with van der Waals surface area (Å²) in [7, 11) is 0. The smallest absolute Gasteiger partial charge is 0.150 e. The Morgan fingerprint density at radius 3 is 2.50 bits per heavy atom. The third-order valence-corrected chi connectivity index (χ3v) is 3.83. The zero-order valence-corrected chi connectivity index (χ0v) is 14.4. The summed E-state index contributed by atoms with van der Waals surface area (Å²) < 4.78 is 6.10. The Labute approximate surface area is 135 Å². The maximum atomic E-state index is 11.1. The summed E-state index contributed by atoms with van der Waals surface area (Å²) in [6.45, 7) is 11.1. The summed E-state index contributed by atoms with van der Waals surface area (Å²) in [6, 6.07) is 3.88. The molecular weight excluding hydrogens is 272 g/mol. The topological polar surface area (TPSA) is 26.3 Å². The second-order valence-corrected chi connectivity index (χ2v) is 6.13. The Balaban J connectivity index is 2.84. The van der Waals surface area contributed by atoms with E-state index in [1.807, 2.05) is 18.2 Å². The van der Waals surface area contributed by atoms with Gasteiger partial charge in [0.2, 0.25) is 0 Å². The van der Waals surface area contributed by atoms with E-state index in [2.05, 4.69) is 27.4 Å². The number of hydrogen-bond acceptors (Lipinski definition) is 2. The van der Waals surface area contributed by atoms with Gasteiger partial charge in [-0.1, -0.05) is 52.5 Å². The lowest BCUT2D eigenvalue weighted by atomic mass is 9.95. The molecule has 1 aromatic carbocycles. The second-order valence-electron chi connectivity index (χ2n) is 6.13. The van der Waals surface area contributed by atoms with Crippen LogP contribution in [-0.2, 0) is 6.42 Å². The number of unbranched alkanes of at least 4 members (excludes halogenated alkanes) is 4. The van der Waals surface area contributed by atoms with Gasteiger partial charge in [0.25, 0.3) is 0 Å². The van der Waals surface area contributed by atoms with E-state index in [-0.39, 0.29) is 0 Å². The van der Waals surface area contributed by atoms with Crippen LogP contribution in [0.25, 0.3) is 0 Å². The minimum atomic E-state index is 0.332. The van der Waals surface area contributed by atoms with E-state index in [9.17, 15) is 4.79 Å². The van der Waals surface area contributed by atoms with E-state index in [0.717, 1.165) is 48.2 Å². The van der Waals surface area contributed by atoms with Crippen LogP contribution in [0.15, 0.2) is 24.8 Å². The maximum Gasteiger partial charge on any atom is 0.150 e. The third kappa shape index (κ3) is 5.67. The molecule has 0 heterocycles. The minimum absolute atomic E-state index is 0.332. The van der Waals surface area contributed by atoms with Gasteiger partial charge in [-0.05, 0) is 42.0 Å². The zero-order chi connectivity index (χ0) is 16.4. The minimum Gasteiger partial charge on any atom is -0.493 e. The third-order valence-electron chi connectivity index (χ3n) is 3.83. The van der Waals surface area contributed by atoms with E-state index in [1.165, 1.54) is 25.7 Å². The summed E-state index contributed by atoms with van der Waals surface area (Å²) in [5, 5.41) is 0. The molecule has 0 saturated carbocycles. The molecule has 0 saturated heterocycles. The second kappa shape index (κ2) is 10.2. The molecule has 0 spiro atoms. The van der Waals surface area contributed by atoms with Gasteiger partial charge in [0.05, 0.1) is 6.61 Å². The zero-order valence-electron chi connectivity index (χ0n) is 14.4. The van der Waals surface area contributed by atoms with E-state index in [4.69, 9.17) is 4.74 Å². The SMILES string of the molecule is C=CCc1cc(C=O)cc(C(C)C)c1OCCCCCCC. The van der Waals surface area contributed by atoms with Gasteiger partial charge >= 0.3 is 0 Å². The number of rotatable bonds is 11. The molecule has 122 valence electrons. The van der Waals surface area contributed by atoms with Crippen LogP contribution in [0.5, 0.6) is 5.75 Å². The Kier molecular flexibility index (Phi) is 8.57. The molecule has 0 bridgehead atoms. The number of carbonyl (C=O) groups is 1. The average molecular weight is 302 g/mol. The molecule has 0 fully saturated rings. The van der Waals surface area contributed by atoms with Crippen molar-refractivity contribution < 1.29 is 9.53 Å². The first-order chi connectivity index (χ1) is 10.6. The molecule has 22 heavy (non-hydrogen) atoms. The fourth-order valence-electron chi connectivity index (χ4n) is 2.60. The highest BCUT2D eigenvalue weighted by Gasteiger charge is 2.14. The van der Waals surface area contributed by atoms with Gasteiger partial charge in [-0.15, -0.1) is 6.58 Å². The molecule has 2 nitrogen and oxygen atoms in total. The first-order valence-corrected chi connectivity index (χ1v) is 8.49. The molecule has 0 unspecified atom stereocenters. The van der Waals surface area contributed by atoms with Crippen molar-refractivity contribution >= 4 is 6.29 Å². The predicted molar refractivity (Wildman–Crippen MR) is 94.1 cm³/mol. The van der Waals surface area contributed by atoms with Gasteiger partial charge in [-0.25, -0.2) is 0 Å². The van der Waals surface area contributed by atoms with Crippen LogP contribution >= 0.6 is 0 Å². The lowest BCUT2D eigenvalue weighted by Gasteiger charge is -2.18. The molecule has 0 aromatic heterocycles. The van der Waals surface area contributed by atoms with Gasteiger partial charge < -0.3 is 4.74 Å². The Morgan fingerprint density at radius 1 is 1.18 bits per heavy atom. The van der Waals surface area contributed by atoms with Crippen LogP contribution in [-0.4, -0.2) is 12.9 Å². The summed E-state index contributed by atoms with van der Waals surface area (Å²) in [5.74, 6) is 1.29. The summed E-state index contributed by atoms with van der Waals surface area (Å²) in [6.07, 6.45) is 9.64. The predicted octanol–water partition coefficient (Wildman–Crippen LogP) is 5.70. The molecule has 0 atom stereocenters.